The molecule has 0 saturated carbocycles. The van der Waals surface area contributed by atoms with Gasteiger partial charge in [-0.25, -0.2) is 5.01 Å². The van der Waals surface area contributed by atoms with E-state index in [0.29, 0.717) is 6.54 Å². The van der Waals surface area contributed by atoms with Crippen LogP contribution < -0.4 is 10.3 Å². The number of hydrazine groups is 1. The first-order valence-electron chi connectivity index (χ1n) is 7.60. The topological polar surface area (TPSA) is 57.1 Å². The highest BCUT2D eigenvalue weighted by atomic mass is 16.2. The standard InChI is InChI=1S/C16H20N4O2/c21-13-19-10-8-18(9-11-19)12-16(22)20-15(6-7-17-20)14-4-2-1-3-5-14/h1-7,13,15,17H,8-12H2/p+1/t15-/m1/s1. The number of nitrogens with zero attached hydrogens (tertiary/aromatic N) is 2. The van der Waals surface area contributed by atoms with Crippen LogP contribution >= 0.6 is 0 Å². The Bertz CT molecular complexity index is 553. The normalized spacial score (nSPS) is 21.7. The van der Waals surface area contributed by atoms with Crippen LogP contribution in [0, 0.1) is 0 Å². The van der Waals surface area contributed by atoms with Crippen LogP contribution in [0.1, 0.15) is 11.6 Å². The van der Waals surface area contributed by atoms with Crippen molar-refractivity contribution in [2.24, 2.45) is 0 Å². The van der Waals surface area contributed by atoms with Gasteiger partial charge >= 0.3 is 0 Å². The lowest BCUT2D eigenvalue weighted by Crippen LogP contribution is -3.15. The molecule has 1 aromatic rings. The van der Waals surface area contributed by atoms with Crippen molar-refractivity contribution in [3.05, 3.63) is 48.2 Å². The first-order valence-corrected chi connectivity index (χ1v) is 7.60. The SMILES string of the molecule is O=CN1CC[NH+](CC(=O)N2NC=C[C@@H]2c2ccccc2)CC1. The molecule has 2 N–H and O–H groups in total. The van der Waals surface area contributed by atoms with E-state index in [2.05, 4.69) is 5.43 Å². The van der Waals surface area contributed by atoms with Gasteiger partial charge in [0.1, 0.15) is 0 Å². The molecule has 22 heavy (non-hydrogen) atoms. The predicted octanol–water partition coefficient (Wildman–Crippen LogP) is -1.05. The zero-order valence-electron chi connectivity index (χ0n) is 12.4. The number of quaternary nitrogens is 1. The summed E-state index contributed by atoms with van der Waals surface area (Å²) in [4.78, 5) is 26.3. The third-order valence-electron chi connectivity index (χ3n) is 4.24. The van der Waals surface area contributed by atoms with Gasteiger partial charge in [-0.3, -0.25) is 9.59 Å². The highest BCUT2D eigenvalue weighted by Crippen LogP contribution is 2.23. The van der Waals surface area contributed by atoms with Crippen LogP contribution in [-0.2, 0) is 9.59 Å². The first kappa shape index (κ1) is 14.6. The number of rotatable bonds is 4. The van der Waals surface area contributed by atoms with Crippen LogP contribution in [0.3, 0.4) is 0 Å². The van der Waals surface area contributed by atoms with E-state index in [1.54, 1.807) is 9.91 Å². The highest BCUT2D eigenvalue weighted by Gasteiger charge is 2.30. The van der Waals surface area contributed by atoms with E-state index in [4.69, 9.17) is 0 Å². The molecule has 1 saturated heterocycles. The van der Waals surface area contributed by atoms with Crippen LogP contribution in [0.25, 0.3) is 0 Å². The molecule has 3 rings (SSSR count). The number of benzene rings is 1. The van der Waals surface area contributed by atoms with Crippen molar-refractivity contribution in [1.29, 1.82) is 0 Å². The van der Waals surface area contributed by atoms with E-state index < -0.39 is 0 Å². The second kappa shape index (κ2) is 6.62. The van der Waals surface area contributed by atoms with Gasteiger partial charge in [0.05, 0.1) is 32.2 Å². The Morgan fingerprint density at radius 1 is 1.27 bits per heavy atom. The minimum absolute atomic E-state index is 0.0515. The fourth-order valence-corrected chi connectivity index (χ4v) is 2.94. The molecule has 6 nitrogen and oxygen atoms in total. The molecule has 2 amide bonds. The predicted molar refractivity (Wildman–Crippen MR) is 81.5 cm³/mol. The fraction of sp³-hybridized carbons (Fsp3) is 0.375. The number of hydrogen-bond donors (Lipinski definition) is 2. The van der Waals surface area contributed by atoms with Crippen molar-refractivity contribution in [2.45, 2.75) is 6.04 Å². The van der Waals surface area contributed by atoms with Gasteiger partial charge in [0.2, 0.25) is 6.41 Å². The number of piperazine rings is 1. The minimum Gasteiger partial charge on any atom is -0.334 e. The van der Waals surface area contributed by atoms with Gasteiger partial charge in [-0.15, -0.1) is 0 Å². The zero-order valence-corrected chi connectivity index (χ0v) is 12.4. The summed E-state index contributed by atoms with van der Waals surface area (Å²) >= 11 is 0. The van der Waals surface area contributed by atoms with E-state index in [-0.39, 0.29) is 11.9 Å². The van der Waals surface area contributed by atoms with Crippen LogP contribution in [0.15, 0.2) is 42.6 Å². The lowest BCUT2D eigenvalue weighted by molar-refractivity contribution is -0.896. The van der Waals surface area contributed by atoms with Gasteiger partial charge in [0.25, 0.3) is 5.91 Å². The van der Waals surface area contributed by atoms with Crippen LogP contribution in [0.4, 0.5) is 0 Å². The first-order chi connectivity index (χ1) is 10.8. The second-order valence-electron chi connectivity index (χ2n) is 5.68. The molecule has 0 radical (unpaired) electrons. The van der Waals surface area contributed by atoms with E-state index in [1.165, 1.54) is 4.90 Å². The Morgan fingerprint density at radius 3 is 2.68 bits per heavy atom. The fourth-order valence-electron chi connectivity index (χ4n) is 2.94. The number of carbonyl (C=O) groups is 2. The van der Waals surface area contributed by atoms with Crippen molar-refractivity contribution >= 4 is 12.3 Å². The lowest BCUT2D eigenvalue weighted by atomic mass is 10.1. The Morgan fingerprint density at radius 2 is 2.00 bits per heavy atom. The monoisotopic (exact) mass is 301 g/mol. The number of amides is 2. The Labute approximate surface area is 130 Å². The molecule has 0 bridgehead atoms. The van der Waals surface area contributed by atoms with Crippen molar-refractivity contribution in [1.82, 2.24) is 15.3 Å². The van der Waals surface area contributed by atoms with Crippen molar-refractivity contribution in [3.63, 3.8) is 0 Å². The maximum absolute atomic E-state index is 12.6. The summed E-state index contributed by atoms with van der Waals surface area (Å²) < 4.78 is 0. The van der Waals surface area contributed by atoms with E-state index in [0.717, 1.165) is 38.2 Å². The van der Waals surface area contributed by atoms with E-state index in [1.807, 2.05) is 42.6 Å². The smallest absolute Gasteiger partial charge is 0.296 e. The van der Waals surface area contributed by atoms with Gasteiger partial charge in [0.15, 0.2) is 6.54 Å². The van der Waals surface area contributed by atoms with Gasteiger partial charge in [0, 0.05) is 6.20 Å². The third-order valence-corrected chi connectivity index (χ3v) is 4.24. The molecule has 116 valence electrons. The number of carbonyl (C=O) groups excluding carboxylic acids is 2. The zero-order chi connectivity index (χ0) is 15.4. The number of hydrogen-bond acceptors (Lipinski definition) is 3. The van der Waals surface area contributed by atoms with Gasteiger partial charge in [-0.1, -0.05) is 30.3 Å². The molecule has 1 atom stereocenters. The molecular formula is C16H21N4O2+. The quantitative estimate of drug-likeness (QED) is 0.698. The van der Waals surface area contributed by atoms with Crippen LogP contribution in [0.5, 0.6) is 0 Å². The molecule has 0 aliphatic carbocycles. The Kier molecular flexibility index (Phi) is 4.39. The Balaban J connectivity index is 1.59. The van der Waals surface area contributed by atoms with Gasteiger partial charge in [-0.2, -0.15) is 0 Å². The summed E-state index contributed by atoms with van der Waals surface area (Å²) in [6.45, 7) is 3.54. The van der Waals surface area contributed by atoms with Gasteiger partial charge < -0.3 is 15.2 Å². The van der Waals surface area contributed by atoms with Crippen molar-refractivity contribution < 1.29 is 14.5 Å². The van der Waals surface area contributed by atoms with Crippen molar-refractivity contribution in [2.75, 3.05) is 32.7 Å². The Hall–Kier alpha value is -2.34. The molecule has 1 fully saturated rings. The molecule has 1 aromatic carbocycles. The van der Waals surface area contributed by atoms with Crippen LogP contribution in [-0.4, -0.2) is 54.9 Å². The van der Waals surface area contributed by atoms with E-state index in [9.17, 15) is 9.59 Å². The van der Waals surface area contributed by atoms with Crippen molar-refractivity contribution in [3.8, 4) is 0 Å². The summed E-state index contributed by atoms with van der Waals surface area (Å²) in [5.74, 6) is 0.0772. The van der Waals surface area contributed by atoms with E-state index >= 15 is 0 Å². The third kappa shape index (κ3) is 3.12. The molecule has 2 aliphatic rings. The second-order valence-corrected chi connectivity index (χ2v) is 5.68. The molecule has 6 heteroatoms. The summed E-state index contributed by atoms with van der Waals surface area (Å²) in [6.07, 6.45) is 4.69. The largest absolute Gasteiger partial charge is 0.334 e. The van der Waals surface area contributed by atoms with Gasteiger partial charge in [-0.05, 0) is 11.6 Å². The molecule has 0 aromatic heterocycles. The lowest BCUT2D eigenvalue weighted by Gasteiger charge is -2.31. The molecule has 0 unspecified atom stereocenters. The summed E-state index contributed by atoms with van der Waals surface area (Å²) in [5.41, 5.74) is 4.13. The maximum atomic E-state index is 12.6. The molecule has 0 spiro atoms. The average molecular weight is 301 g/mol. The molecular weight excluding hydrogens is 280 g/mol. The van der Waals surface area contributed by atoms with Crippen LogP contribution in [0.2, 0.25) is 0 Å². The average Bonchev–Trinajstić information content (AvgIpc) is 3.06. The summed E-state index contributed by atoms with van der Waals surface area (Å²) in [5, 5.41) is 1.69. The summed E-state index contributed by atoms with van der Waals surface area (Å²) in [6, 6.07) is 9.93. The number of nitrogens with one attached hydrogen (secondary N) is 2. The maximum Gasteiger partial charge on any atom is 0.296 e. The molecule has 2 aliphatic heterocycles. The minimum atomic E-state index is -0.0515. The molecule has 2 heterocycles. The summed E-state index contributed by atoms with van der Waals surface area (Å²) in [7, 11) is 0. The highest BCUT2D eigenvalue weighted by molar-refractivity contribution is 5.78.